The zero-order valence-electron chi connectivity index (χ0n) is 6.38. The van der Waals surface area contributed by atoms with Crippen molar-refractivity contribution >= 4 is 35.6 Å². The van der Waals surface area contributed by atoms with Crippen molar-refractivity contribution in [3.8, 4) is 5.88 Å². The van der Waals surface area contributed by atoms with E-state index in [9.17, 15) is 0 Å². The molecule has 0 fully saturated rings. The maximum atomic E-state index is 5.62. The number of halogens is 3. The molecule has 1 aromatic heterocycles. The minimum atomic E-state index is 0. The Morgan fingerprint density at radius 1 is 1.50 bits per heavy atom. The van der Waals surface area contributed by atoms with Crippen molar-refractivity contribution in [2.45, 2.75) is 5.88 Å². The van der Waals surface area contributed by atoms with E-state index in [0.29, 0.717) is 16.9 Å². The molecule has 0 radical (unpaired) electrons. The van der Waals surface area contributed by atoms with Gasteiger partial charge in [-0.1, -0.05) is 11.6 Å². The molecular weight excluding hydrogens is 220 g/mol. The first-order valence-corrected chi connectivity index (χ1v) is 3.94. The lowest BCUT2D eigenvalue weighted by atomic mass is 10.3. The lowest BCUT2D eigenvalue weighted by Gasteiger charge is -2.03. The van der Waals surface area contributed by atoms with E-state index in [1.54, 1.807) is 12.1 Å². The number of pyridine rings is 1. The Hall–Kier alpha value is -0.180. The van der Waals surface area contributed by atoms with Crippen molar-refractivity contribution in [1.29, 1.82) is 0 Å². The second kappa shape index (κ2) is 5.46. The van der Waals surface area contributed by atoms with E-state index in [-0.39, 0.29) is 12.4 Å². The van der Waals surface area contributed by atoms with Gasteiger partial charge in [-0.2, -0.15) is 0 Å². The first kappa shape index (κ1) is 11.8. The monoisotopic (exact) mass is 227 g/mol. The predicted molar refractivity (Wildman–Crippen MR) is 52.6 cm³/mol. The van der Waals surface area contributed by atoms with Crippen LogP contribution in [-0.2, 0) is 5.88 Å². The molecule has 0 aliphatic carbocycles. The lowest BCUT2D eigenvalue weighted by Crippen LogP contribution is -1.92. The molecule has 0 amide bonds. The summed E-state index contributed by atoms with van der Waals surface area (Å²) in [7, 11) is 1.54. The van der Waals surface area contributed by atoms with Crippen LogP contribution in [0, 0.1) is 0 Å². The molecule has 0 atom stereocenters. The number of aromatic nitrogens is 1. The molecule has 0 aromatic carbocycles. The Morgan fingerprint density at radius 3 is 2.67 bits per heavy atom. The summed E-state index contributed by atoms with van der Waals surface area (Å²) in [5.41, 5.74) is 0.846. The van der Waals surface area contributed by atoms with Gasteiger partial charge in [-0.15, -0.1) is 24.0 Å². The van der Waals surface area contributed by atoms with Crippen molar-refractivity contribution in [3.63, 3.8) is 0 Å². The average molecular weight is 229 g/mol. The number of rotatable bonds is 2. The highest BCUT2D eigenvalue weighted by Crippen LogP contribution is 2.19. The molecule has 1 aromatic rings. The van der Waals surface area contributed by atoms with Gasteiger partial charge in [-0.05, 0) is 12.1 Å². The summed E-state index contributed by atoms with van der Waals surface area (Å²) in [6.07, 6.45) is 0. The molecule has 1 heterocycles. The molecule has 0 saturated heterocycles. The van der Waals surface area contributed by atoms with Crippen LogP contribution >= 0.6 is 35.6 Å². The number of ether oxygens (including phenoxy) is 1. The van der Waals surface area contributed by atoms with Gasteiger partial charge in [-0.3, -0.25) is 0 Å². The van der Waals surface area contributed by atoms with Crippen molar-refractivity contribution in [1.82, 2.24) is 4.98 Å². The second-order valence-electron chi connectivity index (χ2n) is 1.94. The van der Waals surface area contributed by atoms with Crippen LogP contribution in [0.25, 0.3) is 0 Å². The summed E-state index contributed by atoms with van der Waals surface area (Å²) >= 11 is 11.2. The highest BCUT2D eigenvalue weighted by Gasteiger charge is 2.02. The smallest absolute Gasteiger partial charge is 0.218 e. The van der Waals surface area contributed by atoms with Crippen molar-refractivity contribution in [2.24, 2.45) is 0 Å². The van der Waals surface area contributed by atoms with Gasteiger partial charge in [-0.25, -0.2) is 4.98 Å². The van der Waals surface area contributed by atoms with Gasteiger partial charge in [0.05, 0.1) is 13.0 Å². The van der Waals surface area contributed by atoms with E-state index in [4.69, 9.17) is 27.9 Å². The van der Waals surface area contributed by atoms with E-state index < -0.39 is 0 Å². The van der Waals surface area contributed by atoms with Crippen molar-refractivity contribution in [2.75, 3.05) is 7.11 Å². The lowest BCUT2D eigenvalue weighted by molar-refractivity contribution is 0.394. The van der Waals surface area contributed by atoms with Crippen LogP contribution in [-0.4, -0.2) is 12.1 Å². The SMILES string of the molecule is COc1nc(Cl)ccc1CCl.Cl. The number of nitrogens with zero attached hydrogens (tertiary/aromatic N) is 1. The third-order valence-corrected chi connectivity index (χ3v) is 1.74. The Morgan fingerprint density at radius 2 is 2.17 bits per heavy atom. The largest absolute Gasteiger partial charge is 0.481 e. The van der Waals surface area contributed by atoms with Gasteiger partial charge < -0.3 is 4.74 Å². The van der Waals surface area contributed by atoms with E-state index in [1.165, 1.54) is 7.11 Å². The quantitative estimate of drug-likeness (QED) is 0.574. The average Bonchev–Trinajstić information content (AvgIpc) is 2.04. The molecule has 1 rings (SSSR count). The highest BCUT2D eigenvalue weighted by atomic mass is 35.5. The fraction of sp³-hybridized carbons (Fsp3) is 0.286. The normalized spacial score (nSPS) is 8.92. The summed E-state index contributed by atoms with van der Waals surface area (Å²) in [6, 6.07) is 3.48. The van der Waals surface area contributed by atoms with Crippen molar-refractivity contribution < 1.29 is 4.74 Å². The molecule has 2 nitrogen and oxygen atoms in total. The Bertz CT molecular complexity index is 254. The second-order valence-corrected chi connectivity index (χ2v) is 2.59. The molecule has 0 bridgehead atoms. The summed E-state index contributed by atoms with van der Waals surface area (Å²) in [5, 5.41) is 0.413. The fourth-order valence-corrected chi connectivity index (χ4v) is 1.07. The van der Waals surface area contributed by atoms with Crippen LogP contribution < -0.4 is 4.74 Å². The van der Waals surface area contributed by atoms with Gasteiger partial charge >= 0.3 is 0 Å². The molecular formula is C7H8Cl3NO. The fourth-order valence-electron chi connectivity index (χ4n) is 0.725. The van der Waals surface area contributed by atoms with Gasteiger partial charge in [0.25, 0.3) is 0 Å². The van der Waals surface area contributed by atoms with Crippen LogP contribution in [0.15, 0.2) is 12.1 Å². The van der Waals surface area contributed by atoms with E-state index in [1.807, 2.05) is 0 Å². The molecule has 0 spiro atoms. The summed E-state index contributed by atoms with van der Waals surface area (Å²) in [5.74, 6) is 0.875. The van der Waals surface area contributed by atoms with Gasteiger partial charge in [0, 0.05) is 5.56 Å². The number of alkyl halides is 1. The molecule has 0 aliphatic rings. The molecule has 5 heteroatoms. The first-order chi connectivity index (χ1) is 5.27. The number of hydrogen-bond donors (Lipinski definition) is 0. The van der Waals surface area contributed by atoms with Crippen molar-refractivity contribution in [3.05, 3.63) is 22.8 Å². The minimum Gasteiger partial charge on any atom is -0.481 e. The van der Waals surface area contributed by atoms with E-state index in [0.717, 1.165) is 5.56 Å². The molecule has 0 unspecified atom stereocenters. The highest BCUT2D eigenvalue weighted by molar-refractivity contribution is 6.29. The number of methoxy groups -OCH3 is 1. The van der Waals surface area contributed by atoms with Gasteiger partial charge in [0.15, 0.2) is 0 Å². The Balaban J connectivity index is 0.00000121. The molecule has 12 heavy (non-hydrogen) atoms. The third kappa shape index (κ3) is 2.70. The minimum absolute atomic E-state index is 0. The summed E-state index contributed by atoms with van der Waals surface area (Å²) in [6.45, 7) is 0. The topological polar surface area (TPSA) is 22.1 Å². The van der Waals surface area contributed by atoms with Crippen LogP contribution in [0.2, 0.25) is 5.15 Å². The van der Waals surface area contributed by atoms with Gasteiger partial charge in [0.1, 0.15) is 5.15 Å². The van der Waals surface area contributed by atoms with E-state index >= 15 is 0 Å². The molecule has 68 valence electrons. The predicted octanol–water partition coefficient (Wildman–Crippen LogP) is 2.90. The maximum absolute atomic E-state index is 5.62. The van der Waals surface area contributed by atoms with Gasteiger partial charge in [0.2, 0.25) is 5.88 Å². The third-order valence-electron chi connectivity index (χ3n) is 1.24. The zero-order chi connectivity index (χ0) is 8.27. The van der Waals surface area contributed by atoms with Crippen LogP contribution in [0.3, 0.4) is 0 Å². The molecule has 0 N–H and O–H groups in total. The first-order valence-electron chi connectivity index (χ1n) is 3.03. The standard InChI is InChI=1S/C7H7Cl2NO.ClH/c1-11-7-5(4-8)2-3-6(9)10-7;/h2-3H,4H2,1H3;1H. The maximum Gasteiger partial charge on any atom is 0.218 e. The van der Waals surface area contributed by atoms with E-state index in [2.05, 4.69) is 4.98 Å². The zero-order valence-corrected chi connectivity index (χ0v) is 8.71. The Kier molecular flexibility index (Phi) is 5.38. The van der Waals surface area contributed by atoms with Crippen LogP contribution in [0.1, 0.15) is 5.56 Å². The van der Waals surface area contributed by atoms with Crippen LogP contribution in [0.4, 0.5) is 0 Å². The summed E-state index contributed by atoms with van der Waals surface area (Å²) in [4.78, 5) is 3.92. The summed E-state index contributed by atoms with van der Waals surface area (Å²) < 4.78 is 4.94. The Labute approximate surface area is 87.3 Å². The molecule has 0 saturated carbocycles. The molecule has 0 aliphatic heterocycles. The number of hydrogen-bond acceptors (Lipinski definition) is 2. The van der Waals surface area contributed by atoms with Crippen LogP contribution in [0.5, 0.6) is 5.88 Å².